The fourth-order valence-corrected chi connectivity index (χ4v) is 3.83. The molecule has 2 heterocycles. The van der Waals surface area contributed by atoms with Crippen molar-refractivity contribution in [2.75, 3.05) is 18.1 Å². The van der Waals surface area contributed by atoms with E-state index in [0.717, 1.165) is 15.8 Å². The number of carbonyl (C=O) groups is 3. The van der Waals surface area contributed by atoms with Crippen LogP contribution in [0.25, 0.3) is 17.0 Å². The van der Waals surface area contributed by atoms with Crippen LogP contribution in [0.3, 0.4) is 0 Å². The minimum absolute atomic E-state index is 0.108. The van der Waals surface area contributed by atoms with Crippen LogP contribution < -0.4 is 19.7 Å². The Labute approximate surface area is 195 Å². The zero-order valence-electron chi connectivity index (χ0n) is 18.7. The molecule has 4 rings (SSSR count). The number of rotatable bonds is 7. The number of nitriles is 1. The minimum Gasteiger partial charge on any atom is -0.494 e. The van der Waals surface area contributed by atoms with Gasteiger partial charge in [0.15, 0.2) is 0 Å². The molecule has 0 radical (unpaired) electrons. The van der Waals surface area contributed by atoms with Gasteiger partial charge in [-0.2, -0.15) is 5.26 Å². The number of urea groups is 1. The van der Waals surface area contributed by atoms with E-state index in [1.807, 2.05) is 31.2 Å². The quantitative estimate of drug-likeness (QED) is 0.427. The van der Waals surface area contributed by atoms with Crippen LogP contribution in [-0.4, -0.2) is 35.6 Å². The van der Waals surface area contributed by atoms with E-state index in [-0.39, 0.29) is 17.8 Å². The van der Waals surface area contributed by atoms with Crippen LogP contribution in [0.5, 0.6) is 11.5 Å². The second-order valence-corrected chi connectivity index (χ2v) is 7.34. The molecule has 0 saturated carbocycles. The summed E-state index contributed by atoms with van der Waals surface area (Å²) in [6, 6.07) is 13.4. The van der Waals surface area contributed by atoms with Crippen LogP contribution in [0.1, 0.15) is 19.4 Å². The third-order valence-corrected chi connectivity index (χ3v) is 5.24. The smallest absolute Gasteiger partial charge is 0.336 e. The van der Waals surface area contributed by atoms with E-state index in [1.54, 1.807) is 29.8 Å². The van der Waals surface area contributed by atoms with Crippen molar-refractivity contribution in [1.29, 1.82) is 5.26 Å². The fourth-order valence-electron chi connectivity index (χ4n) is 3.83. The van der Waals surface area contributed by atoms with Crippen LogP contribution in [0.15, 0.2) is 54.2 Å². The molecule has 1 N–H and O–H groups in total. The maximum Gasteiger partial charge on any atom is 0.336 e. The number of aromatic nitrogens is 1. The SMILES string of the molecule is CCOc1ccc(OCC)c(N2C(=O)NC(=O)C(=Cc3cn(CC#N)c4ccccc34)C2=O)c1. The summed E-state index contributed by atoms with van der Waals surface area (Å²) in [7, 11) is 0. The topological polar surface area (TPSA) is 114 Å². The molecule has 1 aromatic heterocycles. The van der Waals surface area contributed by atoms with Gasteiger partial charge in [-0.05, 0) is 38.1 Å². The number of imide groups is 2. The Morgan fingerprint density at radius 2 is 1.82 bits per heavy atom. The summed E-state index contributed by atoms with van der Waals surface area (Å²) in [5, 5.41) is 12.1. The highest BCUT2D eigenvalue weighted by molar-refractivity contribution is 6.39. The van der Waals surface area contributed by atoms with Gasteiger partial charge < -0.3 is 14.0 Å². The molecule has 1 aliphatic heterocycles. The first-order chi connectivity index (χ1) is 16.5. The molecule has 3 aromatic rings. The summed E-state index contributed by atoms with van der Waals surface area (Å²) in [6.07, 6.45) is 3.13. The molecule has 0 atom stereocenters. The summed E-state index contributed by atoms with van der Waals surface area (Å²) in [5.41, 5.74) is 1.31. The van der Waals surface area contributed by atoms with Gasteiger partial charge in [-0.1, -0.05) is 18.2 Å². The number of hydrogen-bond donors (Lipinski definition) is 1. The Hall–Kier alpha value is -4.58. The average molecular weight is 458 g/mol. The molecule has 172 valence electrons. The predicted octanol–water partition coefficient (Wildman–Crippen LogP) is 3.63. The van der Waals surface area contributed by atoms with E-state index in [9.17, 15) is 14.4 Å². The van der Waals surface area contributed by atoms with E-state index in [4.69, 9.17) is 14.7 Å². The van der Waals surface area contributed by atoms with Gasteiger partial charge in [0.05, 0.1) is 25.0 Å². The predicted molar refractivity (Wildman–Crippen MR) is 125 cm³/mol. The Morgan fingerprint density at radius 1 is 1.06 bits per heavy atom. The van der Waals surface area contributed by atoms with Crippen molar-refractivity contribution < 1.29 is 23.9 Å². The third kappa shape index (κ3) is 4.09. The first-order valence-corrected chi connectivity index (χ1v) is 10.7. The van der Waals surface area contributed by atoms with Crippen LogP contribution in [0.4, 0.5) is 10.5 Å². The monoisotopic (exact) mass is 458 g/mol. The number of benzene rings is 2. The first-order valence-electron chi connectivity index (χ1n) is 10.7. The summed E-state index contributed by atoms with van der Waals surface area (Å²) >= 11 is 0. The highest BCUT2D eigenvalue weighted by Crippen LogP contribution is 2.35. The fraction of sp³-hybridized carbons (Fsp3) is 0.200. The Morgan fingerprint density at radius 3 is 2.56 bits per heavy atom. The molecule has 4 amide bonds. The average Bonchev–Trinajstić information content (AvgIpc) is 3.16. The minimum atomic E-state index is -0.881. The highest BCUT2D eigenvalue weighted by Gasteiger charge is 2.38. The molecule has 0 bridgehead atoms. The number of amides is 4. The van der Waals surface area contributed by atoms with E-state index in [2.05, 4.69) is 11.4 Å². The lowest BCUT2D eigenvalue weighted by Crippen LogP contribution is -2.54. The van der Waals surface area contributed by atoms with E-state index >= 15 is 0 Å². The number of para-hydroxylation sites is 1. The number of nitrogens with one attached hydrogen (secondary N) is 1. The normalized spacial score (nSPS) is 14.9. The van der Waals surface area contributed by atoms with Gasteiger partial charge in [0, 0.05) is 28.7 Å². The summed E-state index contributed by atoms with van der Waals surface area (Å²) in [6.45, 7) is 4.41. The van der Waals surface area contributed by atoms with Gasteiger partial charge in [0.2, 0.25) is 0 Å². The van der Waals surface area contributed by atoms with Crippen molar-refractivity contribution in [3.05, 3.63) is 59.8 Å². The molecule has 9 heteroatoms. The Balaban J connectivity index is 1.82. The molecule has 0 aliphatic carbocycles. The Bertz CT molecular complexity index is 1370. The lowest BCUT2D eigenvalue weighted by atomic mass is 10.1. The first kappa shape index (κ1) is 22.6. The van der Waals surface area contributed by atoms with Crippen LogP contribution in [-0.2, 0) is 16.1 Å². The maximum atomic E-state index is 13.5. The number of nitrogens with zero attached hydrogens (tertiary/aromatic N) is 3. The van der Waals surface area contributed by atoms with Gasteiger partial charge in [-0.25, -0.2) is 9.69 Å². The summed E-state index contributed by atoms with van der Waals surface area (Å²) in [5.74, 6) is -0.847. The number of anilines is 1. The molecule has 34 heavy (non-hydrogen) atoms. The molecular weight excluding hydrogens is 436 g/mol. The number of hydrogen-bond acceptors (Lipinski definition) is 6. The standard InChI is InChI=1S/C25H22N4O5/c1-3-33-17-9-10-22(34-4-2)21(14-17)29-24(31)19(23(30)27-25(29)32)13-16-15-28(12-11-26)20-8-6-5-7-18(16)20/h5-10,13-15H,3-4,12H2,1-2H3,(H,27,30,32). The second-order valence-electron chi connectivity index (χ2n) is 7.34. The lowest BCUT2D eigenvalue weighted by Gasteiger charge is -2.28. The van der Waals surface area contributed by atoms with Crippen molar-refractivity contribution in [2.24, 2.45) is 0 Å². The van der Waals surface area contributed by atoms with Gasteiger partial charge in [-0.15, -0.1) is 0 Å². The highest BCUT2D eigenvalue weighted by atomic mass is 16.5. The zero-order chi connectivity index (χ0) is 24.2. The maximum absolute atomic E-state index is 13.5. The van der Waals surface area contributed by atoms with Crippen LogP contribution in [0, 0.1) is 11.3 Å². The lowest BCUT2D eigenvalue weighted by molar-refractivity contribution is -0.122. The van der Waals surface area contributed by atoms with Crippen molar-refractivity contribution in [3.63, 3.8) is 0 Å². The van der Waals surface area contributed by atoms with Gasteiger partial charge >= 0.3 is 6.03 Å². The van der Waals surface area contributed by atoms with E-state index in [0.29, 0.717) is 30.3 Å². The largest absolute Gasteiger partial charge is 0.494 e. The van der Waals surface area contributed by atoms with E-state index in [1.165, 1.54) is 12.1 Å². The number of carbonyl (C=O) groups excluding carboxylic acids is 3. The number of barbiturate groups is 1. The van der Waals surface area contributed by atoms with Crippen molar-refractivity contribution >= 4 is 40.5 Å². The molecule has 0 spiro atoms. The number of fused-ring (bicyclic) bond motifs is 1. The number of ether oxygens (including phenoxy) is 2. The van der Waals surface area contributed by atoms with Crippen molar-refractivity contribution in [3.8, 4) is 17.6 Å². The molecule has 1 saturated heterocycles. The van der Waals surface area contributed by atoms with Crippen LogP contribution in [0.2, 0.25) is 0 Å². The van der Waals surface area contributed by atoms with Gasteiger partial charge in [-0.3, -0.25) is 14.9 Å². The zero-order valence-corrected chi connectivity index (χ0v) is 18.7. The summed E-state index contributed by atoms with van der Waals surface area (Å²) < 4.78 is 12.9. The van der Waals surface area contributed by atoms with Crippen molar-refractivity contribution in [1.82, 2.24) is 9.88 Å². The molecule has 2 aromatic carbocycles. The molecule has 9 nitrogen and oxygen atoms in total. The van der Waals surface area contributed by atoms with Gasteiger partial charge in [0.1, 0.15) is 23.6 Å². The van der Waals surface area contributed by atoms with E-state index < -0.39 is 17.8 Å². The van der Waals surface area contributed by atoms with Crippen molar-refractivity contribution in [2.45, 2.75) is 20.4 Å². The van der Waals surface area contributed by atoms with Crippen LogP contribution >= 0.6 is 0 Å². The molecule has 1 aliphatic rings. The Kier molecular flexibility index (Phi) is 6.32. The molecule has 0 unspecified atom stereocenters. The third-order valence-electron chi connectivity index (χ3n) is 5.24. The summed E-state index contributed by atoms with van der Waals surface area (Å²) in [4.78, 5) is 39.8. The molecule has 1 fully saturated rings. The second kappa shape index (κ2) is 9.50. The van der Waals surface area contributed by atoms with Gasteiger partial charge in [0.25, 0.3) is 11.8 Å². The molecular formula is C25H22N4O5.